The first-order valence-corrected chi connectivity index (χ1v) is 13.2. The van der Waals surface area contributed by atoms with E-state index in [1.165, 1.54) is 7.11 Å². The monoisotopic (exact) mass is 536 g/mol. The van der Waals surface area contributed by atoms with Gasteiger partial charge in [-0.1, -0.05) is 48.9 Å². The normalized spacial score (nSPS) is 11.9. The van der Waals surface area contributed by atoms with E-state index in [1.54, 1.807) is 17.5 Å². The number of fused-ring (bicyclic) bond motifs is 1. The Labute approximate surface area is 225 Å². The predicted molar refractivity (Wildman–Crippen MR) is 151 cm³/mol. The van der Waals surface area contributed by atoms with Crippen molar-refractivity contribution >= 4 is 61.5 Å². The molecule has 0 saturated carbocycles. The van der Waals surface area contributed by atoms with E-state index in [1.807, 2.05) is 68.4 Å². The molecule has 0 unspecified atom stereocenters. The predicted octanol–water partition coefficient (Wildman–Crippen LogP) is 6.96. The Kier molecular flexibility index (Phi) is 8.74. The number of hydrogen-bond donors (Lipinski definition) is 2. The molecular weight excluding hydrogens is 508 g/mol. The van der Waals surface area contributed by atoms with Gasteiger partial charge in [-0.3, -0.25) is 9.59 Å². The van der Waals surface area contributed by atoms with Crippen molar-refractivity contribution in [3.8, 4) is 11.1 Å². The van der Waals surface area contributed by atoms with Crippen molar-refractivity contribution in [1.82, 2.24) is 9.97 Å². The molecule has 0 aliphatic rings. The highest BCUT2D eigenvalue weighted by atomic mass is 35.5. The van der Waals surface area contributed by atoms with Crippen LogP contribution in [0.25, 0.3) is 21.3 Å². The largest absolute Gasteiger partial charge is 0.469 e. The summed E-state index contributed by atoms with van der Waals surface area (Å²) >= 11 is 7.63. The highest BCUT2D eigenvalue weighted by Crippen LogP contribution is 2.31. The lowest BCUT2D eigenvalue weighted by atomic mass is 9.92. The molecule has 0 aliphatic carbocycles. The minimum Gasteiger partial charge on any atom is -0.469 e. The van der Waals surface area contributed by atoms with Gasteiger partial charge in [-0.2, -0.15) is 0 Å². The van der Waals surface area contributed by atoms with Crippen LogP contribution in [0.2, 0.25) is 5.02 Å². The van der Waals surface area contributed by atoms with Gasteiger partial charge in [0, 0.05) is 23.3 Å². The van der Waals surface area contributed by atoms with Crippen LogP contribution in [0.4, 0.5) is 16.6 Å². The molecule has 1 atom stereocenters. The molecule has 2 N–H and O–H groups in total. The van der Waals surface area contributed by atoms with Crippen LogP contribution >= 0.6 is 22.9 Å². The molecular formula is C28H29ClN4O3S. The number of esters is 1. The van der Waals surface area contributed by atoms with Crippen LogP contribution in [0.15, 0.2) is 60.8 Å². The number of benzene rings is 2. The first kappa shape index (κ1) is 26.6. The number of aromatic nitrogens is 2. The average Bonchev–Trinajstić information content (AvgIpc) is 3.28. The minimum atomic E-state index is -0.425. The van der Waals surface area contributed by atoms with Gasteiger partial charge >= 0.3 is 5.97 Å². The molecule has 2 heterocycles. The van der Waals surface area contributed by atoms with Crippen LogP contribution in [0.3, 0.4) is 0 Å². The molecule has 9 heteroatoms. The molecule has 4 aromatic rings. The van der Waals surface area contributed by atoms with Crippen LogP contribution in [0, 0.1) is 11.8 Å². The number of halogens is 1. The number of thiazole rings is 1. The number of ether oxygens (including phenoxy) is 1. The summed E-state index contributed by atoms with van der Waals surface area (Å²) < 4.78 is 5.90. The van der Waals surface area contributed by atoms with E-state index >= 15 is 0 Å². The van der Waals surface area contributed by atoms with Gasteiger partial charge in [-0.25, -0.2) is 9.97 Å². The lowest BCUT2D eigenvalue weighted by Gasteiger charge is -2.16. The van der Waals surface area contributed by atoms with Crippen molar-refractivity contribution in [3.05, 3.63) is 65.8 Å². The van der Waals surface area contributed by atoms with Gasteiger partial charge in [0.1, 0.15) is 5.82 Å². The van der Waals surface area contributed by atoms with E-state index in [0.29, 0.717) is 23.2 Å². The minimum absolute atomic E-state index is 0.0594. The van der Waals surface area contributed by atoms with E-state index in [-0.39, 0.29) is 24.7 Å². The number of carbonyl (C=O) groups excluding carboxylic acids is 2. The van der Waals surface area contributed by atoms with Crippen molar-refractivity contribution in [3.63, 3.8) is 0 Å². The van der Waals surface area contributed by atoms with Crippen LogP contribution < -0.4 is 10.6 Å². The lowest BCUT2D eigenvalue weighted by molar-refractivity contribution is -0.147. The topological polar surface area (TPSA) is 93.2 Å². The van der Waals surface area contributed by atoms with Gasteiger partial charge in [0.25, 0.3) is 0 Å². The van der Waals surface area contributed by atoms with Crippen molar-refractivity contribution in [2.75, 3.05) is 24.3 Å². The fraction of sp³-hybridized carbons (Fsp3) is 0.286. The third-order valence-electron chi connectivity index (χ3n) is 5.81. The number of nitrogens with zero attached hydrogens (tertiary/aromatic N) is 2. The number of pyridine rings is 1. The fourth-order valence-corrected chi connectivity index (χ4v) is 5.23. The SMILES string of the molecule is COC(=O)[C@H](CC(=O)CNc1cc(-c2ccc(Nc3nc4ccc(Cl)cc4s3)cc2)ccn1)CC(C)C. The number of anilines is 3. The second kappa shape index (κ2) is 12.2. The Balaban J connectivity index is 1.36. The van der Waals surface area contributed by atoms with Crippen molar-refractivity contribution in [2.24, 2.45) is 11.8 Å². The van der Waals surface area contributed by atoms with Gasteiger partial charge in [-0.15, -0.1) is 0 Å². The van der Waals surface area contributed by atoms with E-state index in [4.69, 9.17) is 16.3 Å². The molecule has 37 heavy (non-hydrogen) atoms. The van der Waals surface area contributed by atoms with E-state index in [0.717, 1.165) is 32.2 Å². The van der Waals surface area contributed by atoms with Crippen molar-refractivity contribution in [2.45, 2.75) is 26.7 Å². The molecule has 0 spiro atoms. The summed E-state index contributed by atoms with van der Waals surface area (Å²) in [6, 6.07) is 17.5. The molecule has 0 amide bonds. The standard InChI is InChI=1S/C28H29ClN4O3S/c1-17(2)12-20(27(35)36-3)13-23(34)16-31-26-14-19(10-11-30-26)18-4-7-22(8-5-18)32-28-33-24-9-6-21(29)15-25(24)37-28/h4-11,14-15,17,20H,12-13,16H2,1-3H3,(H,30,31)(H,32,33)/t20-/m0/s1. The van der Waals surface area contributed by atoms with Gasteiger partial charge in [0.2, 0.25) is 0 Å². The zero-order valence-electron chi connectivity index (χ0n) is 21.0. The van der Waals surface area contributed by atoms with Crippen LogP contribution in [0.5, 0.6) is 0 Å². The summed E-state index contributed by atoms with van der Waals surface area (Å²) in [6.07, 6.45) is 2.47. The highest BCUT2D eigenvalue weighted by Gasteiger charge is 2.23. The van der Waals surface area contributed by atoms with E-state index in [9.17, 15) is 9.59 Å². The van der Waals surface area contributed by atoms with E-state index < -0.39 is 5.92 Å². The Morgan fingerprint density at radius 2 is 1.84 bits per heavy atom. The fourth-order valence-electron chi connectivity index (χ4n) is 4.06. The number of ketones is 1. The molecule has 7 nitrogen and oxygen atoms in total. The highest BCUT2D eigenvalue weighted by molar-refractivity contribution is 7.22. The second-order valence-corrected chi connectivity index (χ2v) is 10.7. The van der Waals surface area contributed by atoms with Gasteiger partial charge in [-0.05, 0) is 65.9 Å². The molecule has 0 saturated heterocycles. The number of Topliss-reactive ketones (excluding diaryl/α,β-unsaturated/α-hetero) is 1. The Bertz CT molecular complexity index is 1390. The van der Waals surface area contributed by atoms with Crippen LogP contribution in [-0.4, -0.2) is 35.4 Å². The third-order valence-corrected chi connectivity index (χ3v) is 6.98. The van der Waals surface area contributed by atoms with Crippen LogP contribution in [-0.2, 0) is 14.3 Å². The summed E-state index contributed by atoms with van der Waals surface area (Å²) in [5.74, 6) is 0.0690. The summed E-state index contributed by atoms with van der Waals surface area (Å²) in [7, 11) is 1.35. The number of carbonyl (C=O) groups is 2. The lowest BCUT2D eigenvalue weighted by Crippen LogP contribution is -2.25. The molecule has 192 valence electrons. The first-order chi connectivity index (χ1) is 17.8. The molecule has 2 aromatic heterocycles. The second-order valence-electron chi connectivity index (χ2n) is 9.21. The first-order valence-electron chi connectivity index (χ1n) is 12.0. The van der Waals surface area contributed by atoms with Crippen LogP contribution in [0.1, 0.15) is 26.7 Å². The molecule has 0 fully saturated rings. The zero-order chi connectivity index (χ0) is 26.4. The van der Waals surface area contributed by atoms with Gasteiger partial charge in [0.05, 0.1) is 29.8 Å². The summed E-state index contributed by atoms with van der Waals surface area (Å²) in [5.41, 5.74) is 3.82. The number of hydrogen-bond acceptors (Lipinski definition) is 8. The maximum atomic E-state index is 12.5. The Morgan fingerprint density at radius 3 is 2.57 bits per heavy atom. The Hall–Kier alpha value is -3.49. The van der Waals surface area contributed by atoms with Gasteiger partial charge in [0.15, 0.2) is 10.9 Å². The average molecular weight is 537 g/mol. The summed E-state index contributed by atoms with van der Waals surface area (Å²) in [6.45, 7) is 4.14. The zero-order valence-corrected chi connectivity index (χ0v) is 22.5. The number of methoxy groups -OCH3 is 1. The van der Waals surface area contributed by atoms with Crippen molar-refractivity contribution < 1.29 is 14.3 Å². The molecule has 2 aromatic carbocycles. The summed E-state index contributed by atoms with van der Waals surface area (Å²) in [5, 5.41) is 7.93. The smallest absolute Gasteiger partial charge is 0.309 e. The number of nitrogens with one attached hydrogen (secondary N) is 2. The maximum absolute atomic E-state index is 12.5. The van der Waals surface area contributed by atoms with Crippen molar-refractivity contribution in [1.29, 1.82) is 0 Å². The Morgan fingerprint density at radius 1 is 1.05 bits per heavy atom. The third kappa shape index (κ3) is 7.27. The van der Waals surface area contributed by atoms with Gasteiger partial charge < -0.3 is 15.4 Å². The quantitative estimate of drug-likeness (QED) is 0.200. The molecule has 4 rings (SSSR count). The summed E-state index contributed by atoms with van der Waals surface area (Å²) in [4.78, 5) is 33.5. The van der Waals surface area contributed by atoms with E-state index in [2.05, 4.69) is 20.6 Å². The molecule has 0 bridgehead atoms. The molecule has 0 aliphatic heterocycles. The molecule has 0 radical (unpaired) electrons. The number of rotatable bonds is 11. The maximum Gasteiger partial charge on any atom is 0.309 e.